The highest BCUT2D eigenvalue weighted by atomic mass is 79.9. The van der Waals surface area contributed by atoms with Gasteiger partial charge in [-0.2, -0.15) is 5.26 Å². The van der Waals surface area contributed by atoms with E-state index in [0.717, 1.165) is 14.2 Å². The van der Waals surface area contributed by atoms with Crippen LogP contribution in [0.1, 0.15) is 34.7 Å². The lowest BCUT2D eigenvalue weighted by atomic mass is 10.2. The van der Waals surface area contributed by atoms with Crippen LogP contribution < -0.4 is 0 Å². The number of halogens is 1. The summed E-state index contributed by atoms with van der Waals surface area (Å²) in [5.74, 6) is -0.723. The van der Waals surface area contributed by atoms with E-state index in [1.807, 2.05) is 26.0 Å². The molecule has 0 aliphatic carbocycles. The first-order chi connectivity index (χ1) is 10.8. The van der Waals surface area contributed by atoms with Crippen LogP contribution in [-0.2, 0) is 9.47 Å². The summed E-state index contributed by atoms with van der Waals surface area (Å²) in [5.41, 5.74) is 0.393. The molecule has 0 radical (unpaired) electrons. The number of carbonyl (C=O) groups excluding carboxylic acids is 2. The number of hydrogen-bond acceptors (Lipinski definition) is 7. The molecule has 0 spiro atoms. The molecule has 0 saturated carbocycles. The van der Waals surface area contributed by atoms with Gasteiger partial charge in [0.25, 0.3) is 0 Å². The van der Waals surface area contributed by atoms with Crippen LogP contribution in [0.15, 0.2) is 16.6 Å². The second kappa shape index (κ2) is 8.82. The minimum Gasteiger partial charge on any atom is -0.465 e. The van der Waals surface area contributed by atoms with Crippen LogP contribution in [0, 0.1) is 25.2 Å². The molecule has 5 nitrogen and oxygen atoms in total. The lowest BCUT2D eigenvalue weighted by Crippen LogP contribution is -1.99. The Hall–Kier alpha value is -1.69. The first-order valence-corrected chi connectivity index (χ1v) is 8.69. The highest BCUT2D eigenvalue weighted by Gasteiger charge is 2.14. The van der Waals surface area contributed by atoms with Crippen molar-refractivity contribution in [3.05, 3.63) is 41.7 Å². The number of hydrogen-bond donors (Lipinski definition) is 0. The number of carbonyl (C=O) groups is 2. The Kier molecular flexibility index (Phi) is 7.42. The van der Waals surface area contributed by atoms with Crippen molar-refractivity contribution in [3.8, 4) is 6.07 Å². The summed E-state index contributed by atoms with van der Waals surface area (Å²) in [7, 11) is 2.68. The van der Waals surface area contributed by atoms with Crippen molar-refractivity contribution in [2.24, 2.45) is 0 Å². The number of nitriles is 1. The van der Waals surface area contributed by atoms with Crippen LogP contribution in [0.3, 0.4) is 0 Å². The Morgan fingerprint density at radius 1 is 1.04 bits per heavy atom. The Morgan fingerprint density at radius 2 is 1.52 bits per heavy atom. The third-order valence-electron chi connectivity index (χ3n) is 2.53. The van der Waals surface area contributed by atoms with E-state index in [1.165, 1.54) is 36.9 Å². The molecule has 0 aliphatic heterocycles. The summed E-state index contributed by atoms with van der Waals surface area (Å²) in [4.78, 5) is 25.1. The van der Waals surface area contributed by atoms with Gasteiger partial charge in [-0.25, -0.2) is 9.59 Å². The molecule has 0 unspecified atom stereocenters. The fraction of sp³-hybridized carbons (Fsp3) is 0.267. The quantitative estimate of drug-likeness (QED) is 0.682. The van der Waals surface area contributed by atoms with Crippen molar-refractivity contribution in [3.63, 3.8) is 0 Å². The molecule has 0 N–H and O–H groups in total. The molecule has 0 saturated heterocycles. The van der Waals surface area contributed by atoms with Crippen LogP contribution in [0.25, 0.3) is 0 Å². The first-order valence-electron chi connectivity index (χ1n) is 6.27. The van der Waals surface area contributed by atoms with Crippen molar-refractivity contribution in [1.29, 1.82) is 5.26 Å². The Labute approximate surface area is 150 Å². The largest absolute Gasteiger partial charge is 0.465 e. The normalized spacial score (nSPS) is 9.39. The highest BCUT2D eigenvalue weighted by Crippen LogP contribution is 2.27. The van der Waals surface area contributed by atoms with Gasteiger partial charge in [0.05, 0.1) is 19.8 Å². The van der Waals surface area contributed by atoms with Crippen molar-refractivity contribution in [2.45, 2.75) is 13.8 Å². The third-order valence-corrected chi connectivity index (χ3v) is 5.48. The lowest BCUT2D eigenvalue weighted by molar-refractivity contribution is 0.0596. The minimum absolute atomic E-state index is 0.282. The molecule has 8 heteroatoms. The topological polar surface area (TPSA) is 76.4 Å². The van der Waals surface area contributed by atoms with E-state index < -0.39 is 5.97 Å². The number of thiophene rings is 2. The fourth-order valence-corrected chi connectivity index (χ4v) is 4.16. The molecule has 0 aromatic carbocycles. The molecule has 0 amide bonds. The maximum atomic E-state index is 11.0. The second-order valence-corrected chi connectivity index (χ2v) is 7.60. The van der Waals surface area contributed by atoms with Crippen LogP contribution in [0.4, 0.5) is 0 Å². The fourth-order valence-electron chi connectivity index (χ4n) is 1.56. The summed E-state index contributed by atoms with van der Waals surface area (Å²) < 4.78 is 9.90. The smallest absolute Gasteiger partial charge is 0.349 e. The van der Waals surface area contributed by atoms with Gasteiger partial charge in [-0.05, 0) is 41.9 Å². The summed E-state index contributed by atoms with van der Waals surface area (Å²) in [6.07, 6.45) is 0. The lowest BCUT2D eigenvalue weighted by Gasteiger charge is -1.93. The van der Waals surface area contributed by atoms with Crippen LogP contribution in [0.5, 0.6) is 0 Å². The third kappa shape index (κ3) is 5.16. The van der Waals surface area contributed by atoms with Gasteiger partial charge in [0.15, 0.2) is 0 Å². The predicted octanol–water partition coefficient (Wildman–Crippen LogP) is 4.32. The number of rotatable bonds is 2. The monoisotopic (exact) mass is 415 g/mol. The van der Waals surface area contributed by atoms with E-state index in [0.29, 0.717) is 15.3 Å². The predicted molar refractivity (Wildman–Crippen MR) is 93.2 cm³/mol. The van der Waals surface area contributed by atoms with Gasteiger partial charge in [-0.15, -0.1) is 22.7 Å². The maximum Gasteiger partial charge on any atom is 0.349 e. The zero-order chi connectivity index (χ0) is 17.6. The Balaban J connectivity index is 0.000000231. The maximum absolute atomic E-state index is 11.0. The van der Waals surface area contributed by atoms with Crippen LogP contribution in [-0.4, -0.2) is 26.2 Å². The standard InChI is InChI=1S/C8H7NO2S.C7H7BrO2S/c1-5-3-6(4-9)7(12-5)8(10)11-2;1-4-3-5(8)6(11-4)7(9)10-2/h3H,1-2H3;3H,1-2H3. The van der Waals surface area contributed by atoms with E-state index in [1.54, 1.807) is 6.07 Å². The van der Waals surface area contributed by atoms with E-state index >= 15 is 0 Å². The van der Waals surface area contributed by atoms with Crippen molar-refractivity contribution < 1.29 is 19.1 Å². The molecule has 2 heterocycles. The zero-order valence-electron chi connectivity index (χ0n) is 12.9. The van der Waals surface area contributed by atoms with Gasteiger partial charge in [0.2, 0.25) is 0 Å². The Morgan fingerprint density at radius 3 is 1.96 bits per heavy atom. The molecular formula is C15H14BrNO4S2. The molecule has 2 aromatic heterocycles. The number of nitrogens with zero attached hydrogens (tertiary/aromatic N) is 1. The minimum atomic E-state index is -0.440. The van der Waals surface area contributed by atoms with E-state index in [2.05, 4.69) is 25.4 Å². The van der Waals surface area contributed by atoms with Gasteiger partial charge in [0, 0.05) is 14.2 Å². The number of esters is 2. The van der Waals surface area contributed by atoms with Crippen LogP contribution in [0.2, 0.25) is 0 Å². The average Bonchev–Trinajstić information content (AvgIpc) is 3.08. The number of methoxy groups -OCH3 is 2. The highest BCUT2D eigenvalue weighted by molar-refractivity contribution is 9.10. The molecule has 122 valence electrons. The second-order valence-electron chi connectivity index (χ2n) is 4.23. The molecule has 2 rings (SSSR count). The summed E-state index contributed by atoms with van der Waals surface area (Å²) in [6, 6.07) is 5.52. The first kappa shape index (κ1) is 19.4. The average molecular weight is 416 g/mol. The molecular weight excluding hydrogens is 402 g/mol. The number of aryl methyl sites for hydroxylation is 2. The SMILES string of the molecule is COC(=O)c1sc(C)cc1Br.COC(=O)c1sc(C)cc1C#N. The van der Waals surface area contributed by atoms with Crippen molar-refractivity contribution in [1.82, 2.24) is 0 Å². The van der Waals surface area contributed by atoms with Gasteiger partial charge < -0.3 is 9.47 Å². The summed E-state index contributed by atoms with van der Waals surface area (Å²) >= 11 is 5.97. The zero-order valence-corrected chi connectivity index (χ0v) is 16.1. The molecule has 0 atom stereocenters. The summed E-state index contributed by atoms with van der Waals surface area (Å²) in [6.45, 7) is 3.79. The van der Waals surface area contributed by atoms with Crippen molar-refractivity contribution in [2.75, 3.05) is 14.2 Å². The Bertz CT molecular complexity index is 758. The molecule has 2 aromatic rings. The van der Waals surface area contributed by atoms with Gasteiger partial charge in [-0.1, -0.05) is 0 Å². The summed E-state index contributed by atoms with van der Waals surface area (Å²) in [5, 5.41) is 8.63. The van der Waals surface area contributed by atoms with Crippen molar-refractivity contribution >= 4 is 50.5 Å². The van der Waals surface area contributed by atoms with E-state index in [-0.39, 0.29) is 5.97 Å². The van der Waals surface area contributed by atoms with Gasteiger partial charge >= 0.3 is 11.9 Å². The number of ether oxygens (including phenoxy) is 2. The molecule has 23 heavy (non-hydrogen) atoms. The molecule has 0 bridgehead atoms. The van der Waals surface area contributed by atoms with Crippen LogP contribution >= 0.6 is 38.6 Å². The van der Waals surface area contributed by atoms with E-state index in [9.17, 15) is 9.59 Å². The molecule has 0 aliphatic rings. The van der Waals surface area contributed by atoms with Gasteiger partial charge in [-0.3, -0.25) is 0 Å². The van der Waals surface area contributed by atoms with E-state index in [4.69, 9.17) is 5.26 Å². The molecule has 0 fully saturated rings. The van der Waals surface area contributed by atoms with Gasteiger partial charge in [0.1, 0.15) is 15.8 Å².